The Morgan fingerprint density at radius 2 is 0.152 bits per heavy atom. The van der Waals surface area contributed by atoms with E-state index in [4.69, 9.17) is 0 Å². The van der Waals surface area contributed by atoms with E-state index in [-0.39, 0.29) is 201 Å². The van der Waals surface area contributed by atoms with Crippen LogP contribution in [0.15, 0.2) is 0 Å². The third kappa shape index (κ3) is 228. The van der Waals surface area contributed by atoms with Crippen molar-refractivity contribution in [3.05, 3.63) is 0 Å². The summed E-state index contributed by atoms with van der Waals surface area (Å²) in [5.41, 5.74) is 0. The van der Waals surface area contributed by atoms with Crippen molar-refractivity contribution in [3.8, 4) is 0 Å². The first-order chi connectivity index (χ1) is 57.7. The average molecular weight is 2270 g/mol. The minimum Gasteiger partial charge on any atom is -0.550 e. The summed E-state index contributed by atoms with van der Waals surface area (Å²) >= 11 is 0. The number of carboxylic acid groups (broad SMARTS) is 10. The minimum atomic E-state index is -0.913. The third-order valence-corrected chi connectivity index (χ3v) is 19.8. The Kier molecular flexibility index (Phi) is 195. The zero-order chi connectivity index (χ0) is 92.3. The second-order valence-corrected chi connectivity index (χ2v) is 32.4. The SMILES string of the molecule is CCCCCCCCCC(=O)[O-].CCCCCCCCCC(=O)[O-].CCCCCCCCCC(=O)[O-].CCCCCCCCCC(=O)[O-].CCCCCCCCCC(=O)[O-].CCCCCCCCCC(=O)[O-].CCCCCCCCCC(=O)[O-].CCCCCCCCCC(=O)[O-].CCCCCCCCCC(=O)[O-].CCCCCCCCCC(=O)[O-].[Cd+2].[Cd+2].[Cd+2].[Cd+2].[Cd+2]. The number of unbranched alkanes of at least 4 members (excludes halogenated alkanes) is 60. The van der Waals surface area contributed by atoms with Crippen LogP contribution in [0.1, 0.15) is 583 Å². The molecule has 0 spiro atoms. The molecule has 0 N–H and O–H groups in total. The van der Waals surface area contributed by atoms with Crippen LogP contribution in [0.3, 0.4) is 0 Å². The summed E-state index contributed by atoms with van der Waals surface area (Å²) in [4.78, 5) is 100. The second kappa shape index (κ2) is 154. The Morgan fingerprint density at radius 3 is 0.200 bits per heavy atom. The van der Waals surface area contributed by atoms with Gasteiger partial charge in [-0.05, 0) is 128 Å². The van der Waals surface area contributed by atoms with Crippen molar-refractivity contribution in [3.63, 3.8) is 0 Å². The number of hydrogen-bond acceptors (Lipinski definition) is 20. The maximum atomic E-state index is 10.0. The van der Waals surface area contributed by atoms with Crippen molar-refractivity contribution in [2.45, 2.75) is 583 Å². The van der Waals surface area contributed by atoms with Gasteiger partial charge in [0.2, 0.25) is 0 Å². The molecule has 125 heavy (non-hydrogen) atoms. The van der Waals surface area contributed by atoms with Gasteiger partial charge in [-0.2, -0.15) is 0 Å². The predicted molar refractivity (Wildman–Crippen MR) is 476 cm³/mol. The van der Waals surface area contributed by atoms with Crippen molar-refractivity contribution in [1.82, 2.24) is 0 Å². The van der Waals surface area contributed by atoms with Gasteiger partial charge < -0.3 is 99.0 Å². The van der Waals surface area contributed by atoms with Gasteiger partial charge in [-0.1, -0.05) is 454 Å². The van der Waals surface area contributed by atoms with Crippen molar-refractivity contribution >= 4 is 59.7 Å². The summed E-state index contributed by atoms with van der Waals surface area (Å²) < 4.78 is 0. The Balaban J connectivity index is -0.0000000824. The van der Waals surface area contributed by atoms with Crippen LogP contribution in [0.4, 0.5) is 0 Å². The fourth-order valence-corrected chi connectivity index (χ4v) is 12.3. The second-order valence-electron chi connectivity index (χ2n) is 32.4. The summed E-state index contributed by atoms with van der Waals surface area (Å²) in [6, 6.07) is 0. The topological polar surface area (TPSA) is 401 Å². The molecule has 20 nitrogen and oxygen atoms in total. The van der Waals surface area contributed by atoms with Gasteiger partial charge >= 0.3 is 136 Å². The third-order valence-electron chi connectivity index (χ3n) is 19.8. The zero-order valence-corrected chi connectivity index (χ0v) is 103. The number of rotatable bonds is 80. The number of aliphatic carboxylic acids is 10. The van der Waals surface area contributed by atoms with Gasteiger partial charge in [0.15, 0.2) is 0 Å². The maximum absolute atomic E-state index is 10.0. The quantitative estimate of drug-likeness (QED) is 0.0403. The molecule has 0 heterocycles. The molecule has 25 heteroatoms. The molecule has 0 unspecified atom stereocenters. The van der Waals surface area contributed by atoms with E-state index in [2.05, 4.69) is 69.2 Å². The molecule has 0 bridgehead atoms. The predicted octanol–water partition coefficient (Wildman–Crippen LogP) is 18.8. The van der Waals surface area contributed by atoms with E-state index >= 15 is 0 Å². The fourth-order valence-electron chi connectivity index (χ4n) is 12.3. The molecular formula is C100H190Cd5O20. The number of hydrogen-bond donors (Lipinski definition) is 0. The standard InChI is InChI=1S/10C10H20O2.5Cd/c10*1-2-3-4-5-6-7-8-9-10(11)12;;;;;/h10*2-9H2,1H3,(H,11,12);;;;;/q;;;;;;;;;;5*+2/p-10. The summed E-state index contributed by atoms with van der Waals surface area (Å²) in [6.07, 6.45) is 83.4. The molecule has 0 radical (unpaired) electrons. The van der Waals surface area contributed by atoms with Crippen molar-refractivity contribution < 1.29 is 236 Å². The molecule has 0 aliphatic heterocycles. The molecule has 0 saturated carbocycles. The van der Waals surface area contributed by atoms with E-state index in [1.807, 2.05) is 0 Å². The van der Waals surface area contributed by atoms with Gasteiger partial charge in [0, 0.05) is 59.7 Å². The molecule has 0 aliphatic carbocycles. The smallest absolute Gasteiger partial charge is 0.550 e. The first-order valence-electron chi connectivity index (χ1n) is 49.7. The van der Waals surface area contributed by atoms with E-state index < -0.39 is 59.7 Å². The Hall–Kier alpha value is -0.690. The summed E-state index contributed by atoms with van der Waals surface area (Å²) in [7, 11) is 0. The van der Waals surface area contributed by atoms with Gasteiger partial charge in [-0.3, -0.25) is 0 Å². The van der Waals surface area contributed by atoms with Crippen LogP contribution in [0.2, 0.25) is 0 Å². The molecular weight excluding hydrogens is 2080 g/mol. The van der Waals surface area contributed by atoms with E-state index in [9.17, 15) is 99.0 Å². The van der Waals surface area contributed by atoms with Crippen LogP contribution < -0.4 is 51.1 Å². The Labute approximate surface area is 869 Å². The Bertz CT molecular complexity index is 1600. The molecule has 0 fully saturated rings. The van der Waals surface area contributed by atoms with E-state index in [1.54, 1.807) is 0 Å². The normalized spacial score (nSPS) is 9.68. The monoisotopic (exact) mass is 2280 g/mol. The van der Waals surface area contributed by atoms with Crippen LogP contribution >= 0.6 is 0 Å². The van der Waals surface area contributed by atoms with Crippen LogP contribution in [-0.4, -0.2) is 59.7 Å². The molecule has 720 valence electrons. The molecule has 0 aromatic heterocycles. The molecule has 0 saturated heterocycles. The minimum absolute atomic E-state index is 0. The summed E-state index contributed by atoms with van der Waals surface area (Å²) in [5, 5.41) is 100. The van der Waals surface area contributed by atoms with Gasteiger partial charge in [0.1, 0.15) is 0 Å². The average Bonchev–Trinajstić information content (AvgIpc) is 1.18. The maximum Gasteiger partial charge on any atom is 2.00 e. The van der Waals surface area contributed by atoms with E-state index in [0.717, 1.165) is 128 Å². The number of carboxylic acids is 10. The number of carbonyl (C=O) groups is 10. The van der Waals surface area contributed by atoms with Crippen LogP contribution in [0.5, 0.6) is 0 Å². The van der Waals surface area contributed by atoms with Gasteiger partial charge in [0.05, 0.1) is 0 Å². The first-order valence-corrected chi connectivity index (χ1v) is 49.7. The van der Waals surface area contributed by atoms with E-state index in [0.29, 0.717) is 0 Å². The molecule has 0 aromatic carbocycles. The van der Waals surface area contributed by atoms with Gasteiger partial charge in [-0.15, -0.1) is 0 Å². The van der Waals surface area contributed by atoms with Gasteiger partial charge in [-0.25, -0.2) is 0 Å². The van der Waals surface area contributed by atoms with Crippen molar-refractivity contribution in [1.29, 1.82) is 0 Å². The Morgan fingerprint density at radius 1 is 0.104 bits per heavy atom. The summed E-state index contributed by atoms with van der Waals surface area (Å²) in [6.45, 7) is 21.9. The van der Waals surface area contributed by atoms with Crippen LogP contribution in [-0.2, 0) is 184 Å². The largest absolute Gasteiger partial charge is 2.00 e. The fraction of sp³-hybridized carbons (Fsp3) is 0.900. The van der Waals surface area contributed by atoms with Gasteiger partial charge in [0.25, 0.3) is 0 Å². The molecule has 0 rings (SSSR count). The zero-order valence-electron chi connectivity index (χ0n) is 83.3. The molecule has 0 aliphatic rings. The van der Waals surface area contributed by atoms with Crippen molar-refractivity contribution in [2.75, 3.05) is 0 Å². The van der Waals surface area contributed by atoms with Crippen molar-refractivity contribution in [2.24, 2.45) is 0 Å². The number of carbonyl (C=O) groups excluding carboxylic acids is 10. The van der Waals surface area contributed by atoms with Crippen LogP contribution in [0.25, 0.3) is 0 Å². The first kappa shape index (κ1) is 158. The molecule has 0 aromatic rings. The molecule has 0 amide bonds. The molecule has 0 atom stereocenters. The van der Waals surface area contributed by atoms with Crippen LogP contribution in [0, 0.1) is 0 Å². The summed E-state index contributed by atoms with van der Waals surface area (Å²) in [5.74, 6) is -9.13. The van der Waals surface area contributed by atoms with E-state index in [1.165, 1.54) is 321 Å².